The first-order valence-electron chi connectivity index (χ1n) is 9.31. The van der Waals surface area contributed by atoms with Crippen LogP contribution in [0.4, 0.5) is 13.2 Å². The molecule has 0 spiro atoms. The number of hydrogen-bond acceptors (Lipinski definition) is 3. The van der Waals surface area contributed by atoms with Crippen molar-refractivity contribution in [2.75, 3.05) is 26.9 Å². The SMILES string of the molecule is CCNC(=NCc1cccc(C(F)(F)F)c1)NCc1ccc(OCCOC)cc1. The highest BCUT2D eigenvalue weighted by atomic mass is 19.4. The minimum absolute atomic E-state index is 0.144. The van der Waals surface area contributed by atoms with Crippen LogP contribution in [0, 0.1) is 0 Å². The minimum atomic E-state index is -4.36. The molecule has 0 aliphatic carbocycles. The summed E-state index contributed by atoms with van der Waals surface area (Å²) in [4.78, 5) is 4.38. The van der Waals surface area contributed by atoms with Gasteiger partial charge in [0.25, 0.3) is 0 Å². The highest BCUT2D eigenvalue weighted by Crippen LogP contribution is 2.29. The highest BCUT2D eigenvalue weighted by Gasteiger charge is 2.30. The molecular weight excluding hydrogens is 383 g/mol. The molecule has 0 amide bonds. The van der Waals surface area contributed by atoms with Gasteiger partial charge in [0.05, 0.1) is 18.7 Å². The molecule has 0 aromatic heterocycles. The first kappa shape index (κ1) is 22.5. The molecule has 29 heavy (non-hydrogen) atoms. The Kier molecular flexibility index (Phi) is 8.79. The first-order chi connectivity index (χ1) is 13.9. The Bertz CT molecular complexity index is 777. The second-order valence-electron chi connectivity index (χ2n) is 6.23. The summed E-state index contributed by atoms with van der Waals surface area (Å²) in [5.74, 6) is 1.29. The Morgan fingerprint density at radius 3 is 2.41 bits per heavy atom. The zero-order valence-electron chi connectivity index (χ0n) is 16.6. The van der Waals surface area contributed by atoms with Gasteiger partial charge in [-0.15, -0.1) is 0 Å². The van der Waals surface area contributed by atoms with Crippen molar-refractivity contribution in [1.29, 1.82) is 0 Å². The van der Waals surface area contributed by atoms with Gasteiger partial charge < -0.3 is 20.1 Å². The molecule has 2 aromatic rings. The fourth-order valence-corrected chi connectivity index (χ4v) is 2.49. The third-order valence-electron chi connectivity index (χ3n) is 3.96. The van der Waals surface area contributed by atoms with Crippen LogP contribution in [0.15, 0.2) is 53.5 Å². The zero-order chi connectivity index (χ0) is 21.1. The highest BCUT2D eigenvalue weighted by molar-refractivity contribution is 5.79. The standard InChI is InChI=1S/C21H26F3N3O2/c1-3-25-20(27-15-17-5-4-6-18(13-17)21(22,23)24)26-14-16-7-9-19(10-8-16)29-12-11-28-2/h4-10,13H,3,11-12,14-15H2,1-2H3,(H2,25,26,27). The van der Waals surface area contributed by atoms with Gasteiger partial charge >= 0.3 is 6.18 Å². The van der Waals surface area contributed by atoms with E-state index in [0.29, 0.717) is 37.8 Å². The summed E-state index contributed by atoms with van der Waals surface area (Å²) in [5.41, 5.74) is 0.847. The van der Waals surface area contributed by atoms with E-state index in [0.717, 1.165) is 23.4 Å². The number of rotatable bonds is 9. The van der Waals surface area contributed by atoms with Gasteiger partial charge in [-0.3, -0.25) is 0 Å². The summed E-state index contributed by atoms with van der Waals surface area (Å²) in [5, 5.41) is 6.27. The Hall–Kier alpha value is -2.74. The number of nitrogens with one attached hydrogen (secondary N) is 2. The fraction of sp³-hybridized carbons (Fsp3) is 0.381. The van der Waals surface area contributed by atoms with Crippen molar-refractivity contribution in [3.8, 4) is 5.75 Å². The summed E-state index contributed by atoms with van der Waals surface area (Å²) in [6.45, 7) is 4.24. The first-order valence-corrected chi connectivity index (χ1v) is 9.31. The molecule has 0 radical (unpaired) electrons. The molecular formula is C21H26F3N3O2. The van der Waals surface area contributed by atoms with Crippen molar-refractivity contribution in [2.24, 2.45) is 4.99 Å². The monoisotopic (exact) mass is 409 g/mol. The number of methoxy groups -OCH3 is 1. The predicted molar refractivity (Wildman–Crippen MR) is 107 cm³/mol. The Morgan fingerprint density at radius 2 is 1.76 bits per heavy atom. The molecule has 0 saturated heterocycles. The Labute approximate surface area is 168 Å². The number of halogens is 3. The lowest BCUT2D eigenvalue weighted by molar-refractivity contribution is -0.137. The molecule has 2 rings (SSSR count). The Morgan fingerprint density at radius 1 is 1.00 bits per heavy atom. The quantitative estimate of drug-likeness (QED) is 0.374. The smallest absolute Gasteiger partial charge is 0.416 e. The largest absolute Gasteiger partial charge is 0.491 e. The topological polar surface area (TPSA) is 54.9 Å². The van der Waals surface area contributed by atoms with Crippen molar-refractivity contribution in [1.82, 2.24) is 10.6 Å². The van der Waals surface area contributed by atoms with Crippen LogP contribution in [0.2, 0.25) is 0 Å². The second kappa shape index (κ2) is 11.3. The number of hydrogen-bond donors (Lipinski definition) is 2. The molecule has 0 aliphatic heterocycles. The van der Waals surface area contributed by atoms with E-state index in [2.05, 4.69) is 15.6 Å². The predicted octanol–water partition coefficient (Wildman–Crippen LogP) is 3.99. The maximum Gasteiger partial charge on any atom is 0.416 e. The van der Waals surface area contributed by atoms with Gasteiger partial charge in [-0.25, -0.2) is 4.99 Å². The van der Waals surface area contributed by atoms with Gasteiger partial charge in [0.2, 0.25) is 0 Å². The molecule has 0 saturated carbocycles. The average Bonchev–Trinajstić information content (AvgIpc) is 2.71. The minimum Gasteiger partial charge on any atom is -0.491 e. The molecule has 5 nitrogen and oxygen atoms in total. The van der Waals surface area contributed by atoms with Gasteiger partial charge in [0.1, 0.15) is 12.4 Å². The lowest BCUT2D eigenvalue weighted by atomic mass is 10.1. The average molecular weight is 409 g/mol. The van der Waals surface area contributed by atoms with E-state index >= 15 is 0 Å². The van der Waals surface area contributed by atoms with E-state index in [9.17, 15) is 13.2 Å². The summed E-state index contributed by atoms with van der Waals surface area (Å²) in [6, 6.07) is 12.8. The number of ether oxygens (including phenoxy) is 2. The number of nitrogens with zero attached hydrogens (tertiary/aromatic N) is 1. The van der Waals surface area contributed by atoms with Crippen LogP contribution in [0.1, 0.15) is 23.6 Å². The molecule has 0 unspecified atom stereocenters. The van der Waals surface area contributed by atoms with Crippen molar-refractivity contribution in [3.05, 3.63) is 65.2 Å². The number of alkyl halides is 3. The molecule has 2 aromatic carbocycles. The van der Waals surface area contributed by atoms with Crippen LogP contribution >= 0.6 is 0 Å². The molecule has 8 heteroatoms. The Balaban J connectivity index is 1.94. The molecule has 0 atom stereocenters. The van der Waals surface area contributed by atoms with Crippen molar-refractivity contribution >= 4 is 5.96 Å². The number of aliphatic imine (C=N–C) groups is 1. The van der Waals surface area contributed by atoms with E-state index < -0.39 is 11.7 Å². The molecule has 0 bridgehead atoms. The van der Waals surface area contributed by atoms with Gasteiger partial charge in [0.15, 0.2) is 5.96 Å². The molecule has 0 fully saturated rings. The summed E-state index contributed by atoms with van der Waals surface area (Å²) in [7, 11) is 1.62. The van der Waals surface area contributed by atoms with Crippen LogP contribution in [-0.2, 0) is 24.0 Å². The van der Waals surface area contributed by atoms with Crippen LogP contribution in [0.3, 0.4) is 0 Å². The van der Waals surface area contributed by atoms with Gasteiger partial charge in [-0.2, -0.15) is 13.2 Å². The van der Waals surface area contributed by atoms with E-state index in [1.54, 1.807) is 13.2 Å². The lowest BCUT2D eigenvalue weighted by Gasteiger charge is -2.12. The molecule has 158 valence electrons. The van der Waals surface area contributed by atoms with Crippen molar-refractivity contribution in [3.63, 3.8) is 0 Å². The third kappa shape index (κ3) is 8.03. The molecule has 2 N–H and O–H groups in total. The van der Waals surface area contributed by atoms with Crippen LogP contribution in [-0.4, -0.2) is 32.8 Å². The van der Waals surface area contributed by atoms with Crippen LogP contribution in [0.25, 0.3) is 0 Å². The van der Waals surface area contributed by atoms with Gasteiger partial charge in [0, 0.05) is 20.2 Å². The lowest BCUT2D eigenvalue weighted by Crippen LogP contribution is -2.36. The maximum absolute atomic E-state index is 12.8. The van der Waals surface area contributed by atoms with Crippen LogP contribution in [0.5, 0.6) is 5.75 Å². The second-order valence-corrected chi connectivity index (χ2v) is 6.23. The summed E-state index contributed by atoms with van der Waals surface area (Å²) >= 11 is 0. The van der Waals surface area contributed by atoms with Crippen LogP contribution < -0.4 is 15.4 Å². The van der Waals surface area contributed by atoms with E-state index in [4.69, 9.17) is 9.47 Å². The fourth-order valence-electron chi connectivity index (χ4n) is 2.49. The molecule has 0 heterocycles. The normalized spacial score (nSPS) is 12.0. The third-order valence-corrected chi connectivity index (χ3v) is 3.96. The zero-order valence-corrected chi connectivity index (χ0v) is 16.6. The van der Waals surface area contributed by atoms with Crippen molar-refractivity contribution in [2.45, 2.75) is 26.2 Å². The number of benzene rings is 2. The van der Waals surface area contributed by atoms with E-state index in [-0.39, 0.29) is 6.54 Å². The van der Waals surface area contributed by atoms with Crippen molar-refractivity contribution < 1.29 is 22.6 Å². The van der Waals surface area contributed by atoms with Gasteiger partial charge in [-0.05, 0) is 42.3 Å². The summed E-state index contributed by atoms with van der Waals surface area (Å²) in [6.07, 6.45) is -4.36. The van der Waals surface area contributed by atoms with Gasteiger partial charge in [-0.1, -0.05) is 24.3 Å². The molecule has 0 aliphatic rings. The summed E-state index contributed by atoms with van der Waals surface area (Å²) < 4.78 is 49.0. The number of guanidine groups is 1. The van der Waals surface area contributed by atoms with E-state index in [1.165, 1.54) is 6.07 Å². The van der Waals surface area contributed by atoms with E-state index in [1.807, 2.05) is 31.2 Å². The maximum atomic E-state index is 12.8.